The van der Waals surface area contributed by atoms with Crippen LogP contribution in [-0.4, -0.2) is 43.0 Å². The van der Waals surface area contributed by atoms with Crippen LogP contribution < -0.4 is 11.1 Å². The molecule has 4 heteroatoms. The number of hydrogen-bond donors (Lipinski definition) is 2. The Morgan fingerprint density at radius 1 is 1.44 bits per heavy atom. The minimum Gasteiger partial charge on any atom is -0.352 e. The molecule has 0 aromatic carbocycles. The number of likely N-dealkylation sites (N-methyl/N-ethyl adjacent to an activating group) is 1. The first-order chi connectivity index (χ1) is 8.35. The largest absolute Gasteiger partial charge is 0.352 e. The zero-order valence-corrected chi connectivity index (χ0v) is 12.3. The van der Waals surface area contributed by atoms with Crippen LogP contribution in [0.15, 0.2) is 0 Å². The fourth-order valence-electron chi connectivity index (χ4n) is 2.47. The molecule has 1 unspecified atom stereocenters. The Kier molecular flexibility index (Phi) is 5.60. The van der Waals surface area contributed by atoms with Crippen LogP contribution in [0.2, 0.25) is 0 Å². The SMILES string of the molecule is CC(C(=O)NC1CCCC1)N(C)CC(C)(C)CN. The van der Waals surface area contributed by atoms with Gasteiger partial charge in [-0.15, -0.1) is 0 Å². The van der Waals surface area contributed by atoms with Gasteiger partial charge in [-0.05, 0) is 38.8 Å². The first-order valence-electron chi connectivity index (χ1n) is 7.06. The normalized spacial score (nSPS) is 19.2. The van der Waals surface area contributed by atoms with Crippen molar-refractivity contribution in [2.24, 2.45) is 11.1 Å². The molecule has 1 aliphatic rings. The highest BCUT2D eigenvalue weighted by Crippen LogP contribution is 2.19. The second kappa shape index (κ2) is 6.53. The third-order valence-electron chi connectivity index (χ3n) is 3.97. The van der Waals surface area contributed by atoms with E-state index < -0.39 is 0 Å². The number of carbonyl (C=O) groups excluding carboxylic acids is 1. The van der Waals surface area contributed by atoms with Gasteiger partial charge in [-0.25, -0.2) is 0 Å². The Hall–Kier alpha value is -0.610. The quantitative estimate of drug-likeness (QED) is 0.753. The summed E-state index contributed by atoms with van der Waals surface area (Å²) in [5, 5.41) is 3.15. The van der Waals surface area contributed by atoms with Crippen LogP contribution >= 0.6 is 0 Å². The van der Waals surface area contributed by atoms with Gasteiger partial charge in [0.25, 0.3) is 0 Å². The van der Waals surface area contributed by atoms with Crippen molar-refractivity contribution in [1.29, 1.82) is 0 Å². The van der Waals surface area contributed by atoms with Crippen molar-refractivity contribution in [3.05, 3.63) is 0 Å². The van der Waals surface area contributed by atoms with E-state index in [1.807, 2.05) is 14.0 Å². The number of amides is 1. The summed E-state index contributed by atoms with van der Waals surface area (Å²) in [5.41, 5.74) is 5.79. The molecule has 1 atom stereocenters. The lowest BCUT2D eigenvalue weighted by Crippen LogP contribution is -2.49. The fourth-order valence-corrected chi connectivity index (χ4v) is 2.47. The Morgan fingerprint density at radius 3 is 2.50 bits per heavy atom. The van der Waals surface area contributed by atoms with E-state index in [1.165, 1.54) is 12.8 Å². The molecule has 106 valence electrons. The molecule has 1 fully saturated rings. The summed E-state index contributed by atoms with van der Waals surface area (Å²) in [4.78, 5) is 14.2. The summed E-state index contributed by atoms with van der Waals surface area (Å²) in [7, 11) is 2.00. The van der Waals surface area contributed by atoms with E-state index >= 15 is 0 Å². The molecule has 3 N–H and O–H groups in total. The molecule has 0 aromatic heterocycles. The van der Waals surface area contributed by atoms with Crippen molar-refractivity contribution in [3.8, 4) is 0 Å². The van der Waals surface area contributed by atoms with Crippen molar-refractivity contribution in [1.82, 2.24) is 10.2 Å². The summed E-state index contributed by atoms with van der Waals surface area (Å²) < 4.78 is 0. The second-order valence-corrected chi connectivity index (χ2v) is 6.45. The van der Waals surface area contributed by atoms with E-state index in [4.69, 9.17) is 5.73 Å². The van der Waals surface area contributed by atoms with Crippen molar-refractivity contribution < 1.29 is 4.79 Å². The molecule has 4 nitrogen and oxygen atoms in total. The van der Waals surface area contributed by atoms with E-state index in [9.17, 15) is 4.79 Å². The molecule has 0 radical (unpaired) electrons. The van der Waals surface area contributed by atoms with Gasteiger partial charge in [0.15, 0.2) is 0 Å². The highest BCUT2D eigenvalue weighted by Gasteiger charge is 2.26. The Labute approximate surface area is 111 Å². The lowest BCUT2D eigenvalue weighted by Gasteiger charge is -2.32. The molecule has 18 heavy (non-hydrogen) atoms. The van der Waals surface area contributed by atoms with E-state index in [1.54, 1.807) is 0 Å². The smallest absolute Gasteiger partial charge is 0.237 e. The molecule has 0 spiro atoms. The van der Waals surface area contributed by atoms with E-state index in [2.05, 4.69) is 24.1 Å². The monoisotopic (exact) mass is 255 g/mol. The van der Waals surface area contributed by atoms with E-state index in [0.717, 1.165) is 19.4 Å². The van der Waals surface area contributed by atoms with Crippen LogP contribution in [0.3, 0.4) is 0 Å². The Morgan fingerprint density at radius 2 is 2.00 bits per heavy atom. The van der Waals surface area contributed by atoms with Crippen LogP contribution in [0.4, 0.5) is 0 Å². The topological polar surface area (TPSA) is 58.4 Å². The standard InChI is InChI=1S/C14H29N3O/c1-11(17(4)10-14(2,3)9-15)13(18)16-12-7-5-6-8-12/h11-12H,5-10,15H2,1-4H3,(H,16,18). The minimum atomic E-state index is -0.0866. The highest BCUT2D eigenvalue weighted by atomic mass is 16.2. The summed E-state index contributed by atoms with van der Waals surface area (Å²) in [6, 6.07) is 0.312. The Bertz CT molecular complexity index is 272. The summed E-state index contributed by atoms with van der Waals surface area (Å²) in [5.74, 6) is 0.150. The molecule has 0 bridgehead atoms. The number of rotatable bonds is 6. The first kappa shape index (κ1) is 15.4. The molecule has 1 saturated carbocycles. The number of nitrogens with two attached hydrogens (primary N) is 1. The lowest BCUT2D eigenvalue weighted by molar-refractivity contribution is -0.126. The molecule has 1 rings (SSSR count). The molecule has 0 aliphatic heterocycles. The summed E-state index contributed by atoms with van der Waals surface area (Å²) in [6.07, 6.45) is 4.76. The van der Waals surface area contributed by atoms with Gasteiger partial charge in [-0.2, -0.15) is 0 Å². The molecule has 1 aliphatic carbocycles. The van der Waals surface area contributed by atoms with Gasteiger partial charge in [0.1, 0.15) is 0 Å². The van der Waals surface area contributed by atoms with E-state index in [-0.39, 0.29) is 17.4 Å². The van der Waals surface area contributed by atoms with Crippen molar-refractivity contribution in [2.75, 3.05) is 20.1 Å². The molecule has 0 aromatic rings. The maximum absolute atomic E-state index is 12.1. The van der Waals surface area contributed by atoms with Gasteiger partial charge >= 0.3 is 0 Å². The number of carbonyl (C=O) groups is 1. The third kappa shape index (κ3) is 4.58. The molecular formula is C14H29N3O. The van der Waals surface area contributed by atoms with Crippen LogP contribution in [0, 0.1) is 5.41 Å². The maximum atomic E-state index is 12.1. The predicted octanol–water partition coefficient (Wildman–Crippen LogP) is 1.35. The molecular weight excluding hydrogens is 226 g/mol. The highest BCUT2D eigenvalue weighted by molar-refractivity contribution is 5.81. The average molecular weight is 255 g/mol. The number of nitrogens with one attached hydrogen (secondary N) is 1. The van der Waals surface area contributed by atoms with Gasteiger partial charge in [0.2, 0.25) is 5.91 Å². The van der Waals surface area contributed by atoms with Gasteiger partial charge < -0.3 is 11.1 Å². The molecule has 1 amide bonds. The fraction of sp³-hybridized carbons (Fsp3) is 0.929. The summed E-state index contributed by atoms with van der Waals surface area (Å²) >= 11 is 0. The Balaban J connectivity index is 2.41. The third-order valence-corrected chi connectivity index (χ3v) is 3.97. The second-order valence-electron chi connectivity index (χ2n) is 6.45. The number of nitrogens with zero attached hydrogens (tertiary/aromatic N) is 1. The first-order valence-corrected chi connectivity index (χ1v) is 7.06. The van der Waals surface area contributed by atoms with Gasteiger partial charge in [0.05, 0.1) is 6.04 Å². The van der Waals surface area contributed by atoms with Crippen LogP contribution in [0.5, 0.6) is 0 Å². The maximum Gasteiger partial charge on any atom is 0.237 e. The van der Waals surface area contributed by atoms with Crippen LogP contribution in [0.25, 0.3) is 0 Å². The van der Waals surface area contributed by atoms with Crippen molar-refractivity contribution >= 4 is 5.91 Å². The van der Waals surface area contributed by atoms with Crippen LogP contribution in [0.1, 0.15) is 46.5 Å². The van der Waals surface area contributed by atoms with E-state index in [0.29, 0.717) is 12.6 Å². The van der Waals surface area contributed by atoms with Gasteiger partial charge in [0, 0.05) is 12.6 Å². The van der Waals surface area contributed by atoms with Crippen LogP contribution in [-0.2, 0) is 4.79 Å². The zero-order chi connectivity index (χ0) is 13.8. The molecule has 0 heterocycles. The van der Waals surface area contributed by atoms with Crippen molar-refractivity contribution in [3.63, 3.8) is 0 Å². The summed E-state index contributed by atoms with van der Waals surface area (Å²) in [6.45, 7) is 7.70. The van der Waals surface area contributed by atoms with Gasteiger partial charge in [-0.3, -0.25) is 9.69 Å². The van der Waals surface area contributed by atoms with Crippen molar-refractivity contribution in [2.45, 2.75) is 58.5 Å². The predicted molar refractivity (Wildman–Crippen MR) is 75.3 cm³/mol. The molecule has 0 saturated heterocycles. The average Bonchev–Trinajstić information content (AvgIpc) is 2.80. The zero-order valence-electron chi connectivity index (χ0n) is 12.3. The van der Waals surface area contributed by atoms with Gasteiger partial charge in [-0.1, -0.05) is 26.7 Å². The lowest BCUT2D eigenvalue weighted by atomic mass is 9.93. The minimum absolute atomic E-state index is 0.0522. The number of hydrogen-bond acceptors (Lipinski definition) is 3.